The normalized spacial score (nSPS) is 12.4. The molecule has 4 nitrogen and oxygen atoms in total. The zero-order valence-electron chi connectivity index (χ0n) is 18.0. The fourth-order valence-electron chi connectivity index (χ4n) is 2.84. The van der Waals surface area contributed by atoms with Crippen molar-refractivity contribution < 1.29 is 9.59 Å². The lowest BCUT2D eigenvalue weighted by Crippen LogP contribution is -2.52. The van der Waals surface area contributed by atoms with E-state index in [-0.39, 0.29) is 17.6 Å². The van der Waals surface area contributed by atoms with E-state index in [0.717, 1.165) is 11.1 Å². The molecule has 0 aliphatic rings. The van der Waals surface area contributed by atoms with Crippen LogP contribution in [-0.2, 0) is 21.9 Å². The molecule has 1 atom stereocenters. The van der Waals surface area contributed by atoms with E-state index in [4.69, 9.17) is 34.8 Å². The van der Waals surface area contributed by atoms with Crippen molar-refractivity contribution in [1.29, 1.82) is 0 Å². The lowest BCUT2D eigenvalue weighted by molar-refractivity contribution is -0.139. The van der Waals surface area contributed by atoms with E-state index < -0.39 is 11.6 Å². The molecule has 0 aliphatic heterocycles. The first kappa shape index (κ1) is 25.9. The van der Waals surface area contributed by atoms with Crippen molar-refractivity contribution in [1.82, 2.24) is 10.2 Å². The SMILES string of the molecule is C[C@@H](C(=O)NC(C)(C)C)N(Cc1ccc(Cl)cc1)C(=O)CSCc1c(Cl)cccc1Cl. The molecule has 2 aromatic carbocycles. The second-order valence-corrected chi connectivity index (χ2v) is 10.5. The summed E-state index contributed by atoms with van der Waals surface area (Å²) < 4.78 is 0. The Hall–Kier alpha value is -1.40. The number of thioether (sulfide) groups is 1. The lowest BCUT2D eigenvalue weighted by atomic mass is 10.1. The fourth-order valence-corrected chi connectivity index (χ4v) is 4.61. The molecular weight excluding hydrogens is 475 g/mol. The van der Waals surface area contributed by atoms with Crippen LogP contribution in [0.3, 0.4) is 0 Å². The second kappa shape index (κ2) is 11.5. The summed E-state index contributed by atoms with van der Waals surface area (Å²) in [5.41, 5.74) is 1.30. The number of rotatable bonds is 8. The van der Waals surface area contributed by atoms with Gasteiger partial charge in [-0.2, -0.15) is 0 Å². The summed E-state index contributed by atoms with van der Waals surface area (Å²) in [6, 6.07) is 12.0. The third kappa shape index (κ3) is 8.23. The zero-order valence-corrected chi connectivity index (χ0v) is 21.1. The minimum atomic E-state index is -0.632. The molecule has 2 rings (SSSR count). The first-order chi connectivity index (χ1) is 14.5. The largest absolute Gasteiger partial charge is 0.350 e. The molecule has 0 bridgehead atoms. The molecule has 0 spiro atoms. The van der Waals surface area contributed by atoms with E-state index in [1.165, 1.54) is 11.8 Å². The number of amides is 2. The van der Waals surface area contributed by atoms with E-state index in [2.05, 4.69) is 5.32 Å². The lowest BCUT2D eigenvalue weighted by Gasteiger charge is -2.31. The highest BCUT2D eigenvalue weighted by Gasteiger charge is 2.28. The monoisotopic (exact) mass is 500 g/mol. The average molecular weight is 502 g/mol. The summed E-state index contributed by atoms with van der Waals surface area (Å²) in [6.07, 6.45) is 0. The van der Waals surface area contributed by atoms with Crippen LogP contribution in [0.25, 0.3) is 0 Å². The Kier molecular flexibility index (Phi) is 9.56. The number of carbonyl (C=O) groups is 2. The van der Waals surface area contributed by atoms with Crippen LogP contribution in [0.2, 0.25) is 15.1 Å². The van der Waals surface area contributed by atoms with Crippen LogP contribution in [0, 0.1) is 0 Å². The van der Waals surface area contributed by atoms with Crippen molar-refractivity contribution in [3.8, 4) is 0 Å². The van der Waals surface area contributed by atoms with Gasteiger partial charge in [0.15, 0.2) is 0 Å². The molecule has 0 heterocycles. The van der Waals surface area contributed by atoms with Crippen LogP contribution >= 0.6 is 46.6 Å². The molecular formula is C23H27Cl3N2O2S. The van der Waals surface area contributed by atoms with Gasteiger partial charge in [0.2, 0.25) is 11.8 Å². The standard InChI is InChI=1S/C23H27Cl3N2O2S/c1-15(22(30)27-23(2,3)4)28(12-16-8-10-17(24)11-9-16)21(29)14-31-13-18-19(25)6-5-7-20(18)26/h5-11,15H,12-14H2,1-4H3,(H,27,30)/t15-/m0/s1. The summed E-state index contributed by atoms with van der Waals surface area (Å²) >= 11 is 19.8. The Morgan fingerprint density at radius 2 is 1.61 bits per heavy atom. The maximum absolute atomic E-state index is 13.1. The number of nitrogens with zero attached hydrogens (tertiary/aromatic N) is 1. The predicted molar refractivity (Wildman–Crippen MR) is 132 cm³/mol. The smallest absolute Gasteiger partial charge is 0.242 e. The highest BCUT2D eigenvalue weighted by molar-refractivity contribution is 7.99. The maximum atomic E-state index is 13.1. The summed E-state index contributed by atoms with van der Waals surface area (Å²) in [6.45, 7) is 7.77. The second-order valence-electron chi connectivity index (χ2n) is 8.26. The van der Waals surface area contributed by atoms with Crippen LogP contribution in [0.5, 0.6) is 0 Å². The van der Waals surface area contributed by atoms with Gasteiger partial charge in [-0.1, -0.05) is 53.0 Å². The summed E-state index contributed by atoms with van der Waals surface area (Å²) in [5.74, 6) is 0.359. The third-order valence-corrected chi connectivity index (χ3v) is 6.37. The number of hydrogen-bond donors (Lipinski definition) is 1. The van der Waals surface area contributed by atoms with Crippen molar-refractivity contribution in [2.45, 2.75) is 51.6 Å². The van der Waals surface area contributed by atoms with Gasteiger partial charge in [0, 0.05) is 32.9 Å². The van der Waals surface area contributed by atoms with Gasteiger partial charge in [0.1, 0.15) is 6.04 Å². The van der Waals surface area contributed by atoms with Crippen molar-refractivity contribution in [2.24, 2.45) is 0 Å². The van der Waals surface area contributed by atoms with Gasteiger partial charge in [-0.05, 0) is 63.1 Å². The summed E-state index contributed by atoms with van der Waals surface area (Å²) in [7, 11) is 0. The van der Waals surface area contributed by atoms with E-state index in [0.29, 0.717) is 27.4 Å². The fraction of sp³-hybridized carbons (Fsp3) is 0.391. The maximum Gasteiger partial charge on any atom is 0.242 e. The summed E-state index contributed by atoms with van der Waals surface area (Å²) in [4.78, 5) is 27.5. The molecule has 168 valence electrons. The molecule has 0 radical (unpaired) electrons. The van der Waals surface area contributed by atoms with Crippen LogP contribution < -0.4 is 5.32 Å². The first-order valence-electron chi connectivity index (χ1n) is 9.84. The third-order valence-electron chi connectivity index (χ3n) is 4.47. The van der Waals surface area contributed by atoms with Crippen molar-refractivity contribution in [3.05, 3.63) is 68.7 Å². The number of carbonyl (C=O) groups excluding carboxylic acids is 2. The van der Waals surface area contributed by atoms with Crippen molar-refractivity contribution >= 4 is 58.4 Å². The molecule has 0 saturated heterocycles. The summed E-state index contributed by atoms with van der Waals surface area (Å²) in [5, 5.41) is 4.71. The molecule has 2 aromatic rings. The molecule has 0 aromatic heterocycles. The molecule has 0 saturated carbocycles. The predicted octanol–water partition coefficient (Wildman–Crippen LogP) is 6.21. The first-order valence-corrected chi connectivity index (χ1v) is 12.1. The average Bonchev–Trinajstić information content (AvgIpc) is 2.67. The quantitative estimate of drug-likeness (QED) is 0.468. The van der Waals surface area contributed by atoms with E-state index in [1.54, 1.807) is 42.2 Å². The minimum absolute atomic E-state index is 0.139. The van der Waals surface area contributed by atoms with Gasteiger partial charge in [-0.15, -0.1) is 11.8 Å². The van der Waals surface area contributed by atoms with Gasteiger partial charge in [-0.25, -0.2) is 0 Å². The number of nitrogens with one attached hydrogen (secondary N) is 1. The highest BCUT2D eigenvalue weighted by Crippen LogP contribution is 2.28. The zero-order chi connectivity index (χ0) is 23.2. The highest BCUT2D eigenvalue weighted by atomic mass is 35.5. The van der Waals surface area contributed by atoms with Crippen LogP contribution in [0.15, 0.2) is 42.5 Å². The Morgan fingerprint density at radius 1 is 1.03 bits per heavy atom. The Morgan fingerprint density at radius 3 is 2.16 bits per heavy atom. The minimum Gasteiger partial charge on any atom is -0.350 e. The van der Waals surface area contributed by atoms with Crippen LogP contribution in [0.4, 0.5) is 0 Å². The topological polar surface area (TPSA) is 49.4 Å². The van der Waals surface area contributed by atoms with E-state index in [1.807, 2.05) is 32.9 Å². The van der Waals surface area contributed by atoms with Crippen LogP contribution in [-0.4, -0.2) is 34.0 Å². The molecule has 0 unspecified atom stereocenters. The van der Waals surface area contributed by atoms with Crippen molar-refractivity contribution in [3.63, 3.8) is 0 Å². The molecule has 31 heavy (non-hydrogen) atoms. The van der Waals surface area contributed by atoms with Gasteiger partial charge >= 0.3 is 0 Å². The molecule has 0 fully saturated rings. The molecule has 1 N–H and O–H groups in total. The van der Waals surface area contributed by atoms with Gasteiger partial charge in [-0.3, -0.25) is 9.59 Å². The Labute approximate surface area is 203 Å². The number of hydrogen-bond acceptors (Lipinski definition) is 3. The van der Waals surface area contributed by atoms with E-state index >= 15 is 0 Å². The molecule has 0 aliphatic carbocycles. The van der Waals surface area contributed by atoms with Crippen LogP contribution in [0.1, 0.15) is 38.8 Å². The van der Waals surface area contributed by atoms with E-state index in [9.17, 15) is 9.59 Å². The van der Waals surface area contributed by atoms with Gasteiger partial charge in [0.05, 0.1) is 5.75 Å². The molecule has 8 heteroatoms. The van der Waals surface area contributed by atoms with Gasteiger partial charge in [0.25, 0.3) is 0 Å². The number of benzene rings is 2. The Balaban J connectivity index is 2.13. The Bertz CT molecular complexity index is 894. The van der Waals surface area contributed by atoms with Gasteiger partial charge < -0.3 is 10.2 Å². The molecule has 2 amide bonds. The number of halogens is 3. The van der Waals surface area contributed by atoms with Crippen molar-refractivity contribution in [2.75, 3.05) is 5.75 Å².